The Morgan fingerprint density at radius 3 is 2.55 bits per heavy atom. The maximum atomic E-state index is 12.4. The first kappa shape index (κ1) is 14.3. The molecule has 0 unspecified atom stereocenters. The molecule has 2 rings (SSSR count). The Balaban J connectivity index is 2.05. The lowest BCUT2D eigenvalue weighted by Gasteiger charge is -2.30. The van der Waals surface area contributed by atoms with Crippen LogP contribution in [0.5, 0.6) is 0 Å². The maximum absolute atomic E-state index is 12.4. The molecule has 1 aromatic rings. The second-order valence-electron chi connectivity index (χ2n) is 5.27. The molecule has 1 aromatic heterocycles. The van der Waals surface area contributed by atoms with E-state index < -0.39 is 0 Å². The fraction of sp³-hybridized carbons (Fsp3) is 0.500. The van der Waals surface area contributed by atoms with E-state index in [0.29, 0.717) is 31.5 Å². The molecule has 1 aliphatic heterocycles. The van der Waals surface area contributed by atoms with Gasteiger partial charge in [-0.25, -0.2) is 4.98 Å². The molecule has 2 N–H and O–H groups in total. The number of anilines is 1. The van der Waals surface area contributed by atoms with Gasteiger partial charge in [-0.3, -0.25) is 9.59 Å². The van der Waals surface area contributed by atoms with Crippen LogP contribution < -0.4 is 10.6 Å². The minimum Gasteiger partial charge on any atom is -0.369 e. The summed E-state index contributed by atoms with van der Waals surface area (Å²) >= 11 is 0. The number of piperidine rings is 1. The van der Waals surface area contributed by atoms with Crippen LogP contribution >= 0.6 is 0 Å². The minimum absolute atomic E-state index is 0.0154. The highest BCUT2D eigenvalue weighted by Gasteiger charge is 2.26. The van der Waals surface area contributed by atoms with Gasteiger partial charge in [0.25, 0.3) is 5.91 Å². The third-order valence-corrected chi connectivity index (χ3v) is 3.64. The average molecular weight is 276 g/mol. The molecular formula is C14H20N4O2. The lowest BCUT2D eigenvalue weighted by atomic mass is 9.96. The van der Waals surface area contributed by atoms with Crippen LogP contribution in [-0.4, -0.2) is 48.9 Å². The van der Waals surface area contributed by atoms with Gasteiger partial charge in [0, 0.05) is 44.9 Å². The summed E-state index contributed by atoms with van der Waals surface area (Å²) in [5, 5.41) is 0. The van der Waals surface area contributed by atoms with Gasteiger partial charge >= 0.3 is 0 Å². The third-order valence-electron chi connectivity index (χ3n) is 3.64. The summed E-state index contributed by atoms with van der Waals surface area (Å²) in [4.78, 5) is 31.4. The third kappa shape index (κ3) is 3.07. The molecule has 1 aliphatic rings. The number of amides is 2. The molecule has 1 saturated heterocycles. The van der Waals surface area contributed by atoms with Crippen LogP contribution in [0.15, 0.2) is 18.3 Å². The smallest absolute Gasteiger partial charge is 0.254 e. The van der Waals surface area contributed by atoms with Gasteiger partial charge in [0.15, 0.2) is 0 Å². The van der Waals surface area contributed by atoms with Crippen molar-refractivity contribution in [2.75, 3.05) is 32.1 Å². The van der Waals surface area contributed by atoms with E-state index in [1.54, 1.807) is 23.2 Å². The van der Waals surface area contributed by atoms with Gasteiger partial charge in [0.1, 0.15) is 5.82 Å². The van der Waals surface area contributed by atoms with Gasteiger partial charge in [0.2, 0.25) is 5.91 Å². The molecular weight excluding hydrogens is 256 g/mol. The monoisotopic (exact) mass is 276 g/mol. The molecule has 108 valence electrons. The first-order valence-electron chi connectivity index (χ1n) is 6.71. The number of carbonyl (C=O) groups excluding carboxylic acids is 2. The van der Waals surface area contributed by atoms with Gasteiger partial charge < -0.3 is 15.5 Å². The van der Waals surface area contributed by atoms with E-state index in [1.807, 2.05) is 19.0 Å². The topological polar surface area (TPSA) is 79.5 Å². The number of carbonyl (C=O) groups is 2. The second kappa shape index (κ2) is 5.90. The van der Waals surface area contributed by atoms with Crippen molar-refractivity contribution in [1.82, 2.24) is 9.88 Å². The number of likely N-dealkylation sites (tertiary alicyclic amines) is 1. The molecule has 2 heterocycles. The minimum atomic E-state index is -0.268. The number of rotatable bonds is 3. The Kier molecular flexibility index (Phi) is 4.22. The lowest BCUT2D eigenvalue weighted by molar-refractivity contribution is -0.123. The molecule has 6 heteroatoms. The molecule has 0 atom stereocenters. The van der Waals surface area contributed by atoms with E-state index in [2.05, 4.69) is 4.98 Å². The summed E-state index contributed by atoms with van der Waals surface area (Å²) in [5.74, 6) is 0.367. The molecule has 0 radical (unpaired) electrons. The summed E-state index contributed by atoms with van der Waals surface area (Å²) in [5.41, 5.74) is 5.92. The number of pyridine rings is 1. The van der Waals surface area contributed by atoms with Crippen LogP contribution in [0.1, 0.15) is 23.2 Å². The zero-order valence-corrected chi connectivity index (χ0v) is 11.9. The summed E-state index contributed by atoms with van der Waals surface area (Å²) in [7, 11) is 3.77. The molecule has 20 heavy (non-hydrogen) atoms. The standard InChI is InChI=1S/C14H20N4O2/c1-17(2)12-9-11(3-6-16-12)14(20)18-7-4-10(5-8-18)13(15)19/h3,6,9-10H,4-5,7-8H2,1-2H3,(H2,15,19). The number of aromatic nitrogens is 1. The molecule has 0 aliphatic carbocycles. The van der Waals surface area contributed by atoms with E-state index in [0.717, 1.165) is 5.82 Å². The van der Waals surface area contributed by atoms with Gasteiger partial charge in [0.05, 0.1) is 0 Å². The van der Waals surface area contributed by atoms with Crippen LogP contribution in [0.2, 0.25) is 0 Å². The molecule has 0 aromatic carbocycles. The van der Waals surface area contributed by atoms with Crippen molar-refractivity contribution < 1.29 is 9.59 Å². The van der Waals surface area contributed by atoms with Crippen molar-refractivity contribution >= 4 is 17.6 Å². The first-order chi connectivity index (χ1) is 9.49. The van der Waals surface area contributed by atoms with Crippen molar-refractivity contribution in [3.8, 4) is 0 Å². The predicted molar refractivity (Wildman–Crippen MR) is 76.4 cm³/mol. The van der Waals surface area contributed by atoms with Crippen LogP contribution in [0.25, 0.3) is 0 Å². The Morgan fingerprint density at radius 2 is 2.00 bits per heavy atom. The van der Waals surface area contributed by atoms with Crippen molar-refractivity contribution in [3.63, 3.8) is 0 Å². The normalized spacial score (nSPS) is 16.0. The van der Waals surface area contributed by atoms with Gasteiger partial charge in [-0.05, 0) is 25.0 Å². The Morgan fingerprint density at radius 1 is 1.35 bits per heavy atom. The van der Waals surface area contributed by atoms with Crippen LogP contribution in [-0.2, 0) is 4.79 Å². The van der Waals surface area contributed by atoms with E-state index in [1.165, 1.54) is 0 Å². The predicted octanol–water partition coefficient (Wildman–Crippen LogP) is 0.485. The van der Waals surface area contributed by atoms with E-state index in [4.69, 9.17) is 5.73 Å². The highest BCUT2D eigenvalue weighted by molar-refractivity contribution is 5.95. The molecule has 0 spiro atoms. The van der Waals surface area contributed by atoms with Gasteiger partial charge in [-0.2, -0.15) is 0 Å². The average Bonchev–Trinajstić information content (AvgIpc) is 2.46. The number of nitrogens with zero attached hydrogens (tertiary/aromatic N) is 3. The molecule has 0 saturated carbocycles. The molecule has 1 fully saturated rings. The molecule has 6 nitrogen and oxygen atoms in total. The fourth-order valence-corrected chi connectivity index (χ4v) is 2.35. The highest BCUT2D eigenvalue weighted by atomic mass is 16.2. The van der Waals surface area contributed by atoms with Crippen molar-refractivity contribution in [1.29, 1.82) is 0 Å². The summed E-state index contributed by atoms with van der Waals surface area (Å²) < 4.78 is 0. The van der Waals surface area contributed by atoms with Gasteiger partial charge in [-0.1, -0.05) is 0 Å². The van der Waals surface area contributed by atoms with Crippen LogP contribution in [0.3, 0.4) is 0 Å². The Labute approximate surface area is 118 Å². The number of hydrogen-bond acceptors (Lipinski definition) is 4. The number of primary amides is 1. The van der Waals surface area contributed by atoms with Crippen molar-refractivity contribution in [2.45, 2.75) is 12.8 Å². The lowest BCUT2D eigenvalue weighted by Crippen LogP contribution is -2.41. The van der Waals surface area contributed by atoms with E-state index in [9.17, 15) is 9.59 Å². The van der Waals surface area contributed by atoms with Crippen LogP contribution in [0, 0.1) is 5.92 Å². The van der Waals surface area contributed by atoms with Crippen LogP contribution in [0.4, 0.5) is 5.82 Å². The zero-order chi connectivity index (χ0) is 14.7. The Hall–Kier alpha value is -2.11. The molecule has 0 bridgehead atoms. The first-order valence-corrected chi connectivity index (χ1v) is 6.71. The summed E-state index contributed by atoms with van der Waals surface area (Å²) in [6.07, 6.45) is 2.93. The highest BCUT2D eigenvalue weighted by Crippen LogP contribution is 2.19. The van der Waals surface area contributed by atoms with Gasteiger partial charge in [-0.15, -0.1) is 0 Å². The largest absolute Gasteiger partial charge is 0.369 e. The Bertz CT molecular complexity index is 508. The summed E-state index contributed by atoms with van der Waals surface area (Å²) in [6.45, 7) is 1.15. The summed E-state index contributed by atoms with van der Waals surface area (Å²) in [6, 6.07) is 3.50. The van der Waals surface area contributed by atoms with Crippen molar-refractivity contribution in [3.05, 3.63) is 23.9 Å². The number of hydrogen-bond donors (Lipinski definition) is 1. The van der Waals surface area contributed by atoms with E-state index in [-0.39, 0.29) is 17.7 Å². The molecule has 2 amide bonds. The second-order valence-corrected chi connectivity index (χ2v) is 5.27. The van der Waals surface area contributed by atoms with E-state index >= 15 is 0 Å². The van der Waals surface area contributed by atoms with Crippen molar-refractivity contribution in [2.24, 2.45) is 11.7 Å². The zero-order valence-electron chi connectivity index (χ0n) is 11.9. The maximum Gasteiger partial charge on any atom is 0.254 e. The SMILES string of the molecule is CN(C)c1cc(C(=O)N2CCC(C(N)=O)CC2)ccn1. The quantitative estimate of drug-likeness (QED) is 0.871. The fourth-order valence-electron chi connectivity index (χ4n) is 2.35. The number of nitrogens with two attached hydrogens (primary N) is 1.